The molecule has 0 saturated heterocycles. The molecule has 6 nitrogen and oxygen atoms in total. The number of nitrogens with zero attached hydrogens (tertiary/aromatic N) is 2. The Hall–Kier alpha value is -2.98. The summed E-state index contributed by atoms with van der Waals surface area (Å²) in [7, 11) is 1.52. The second-order valence-electron chi connectivity index (χ2n) is 5.33. The zero-order chi connectivity index (χ0) is 17.8. The minimum absolute atomic E-state index is 0.0477. The Morgan fingerprint density at radius 2 is 2.20 bits per heavy atom. The maximum absolute atomic E-state index is 11.9. The number of carbonyl (C=O) groups excluding carboxylic acids is 1. The number of aryl methyl sites for hydroxylation is 1. The highest BCUT2D eigenvalue weighted by atomic mass is 32.2. The molecule has 1 aromatic heterocycles. The third-order valence-electron chi connectivity index (χ3n) is 3.53. The Bertz CT molecular complexity index is 975. The third-order valence-corrected chi connectivity index (χ3v) is 4.07. The number of thiocyanates is 1. The van der Waals surface area contributed by atoms with E-state index >= 15 is 0 Å². The highest BCUT2D eigenvalue weighted by molar-refractivity contribution is 8.04. The molecule has 3 rings (SSSR count). The largest absolute Gasteiger partial charge is 0.495 e. The number of hydrogen-bond acceptors (Lipinski definition) is 6. The lowest BCUT2D eigenvalue weighted by Gasteiger charge is -2.10. The van der Waals surface area contributed by atoms with Crippen LogP contribution >= 0.6 is 11.8 Å². The molecule has 0 radical (unpaired) electrons. The number of fused-ring (bicyclic) bond motifs is 1. The SMILES string of the molecule is COc1ccc(-c2nc3cc(C)ccc3o2)cc1NC(=O)CSC#N. The van der Waals surface area contributed by atoms with E-state index in [1.807, 2.05) is 36.6 Å². The summed E-state index contributed by atoms with van der Waals surface area (Å²) >= 11 is 0.876. The van der Waals surface area contributed by atoms with Crippen LogP contribution in [-0.2, 0) is 4.79 Å². The van der Waals surface area contributed by atoms with Crippen molar-refractivity contribution in [2.75, 3.05) is 18.2 Å². The number of carbonyl (C=O) groups is 1. The maximum Gasteiger partial charge on any atom is 0.235 e. The molecular weight excluding hydrogens is 338 g/mol. The maximum atomic E-state index is 11.9. The number of oxazole rings is 1. The standard InChI is InChI=1S/C18H15N3O3S/c1-11-3-5-16-13(7-11)21-18(24-16)12-4-6-15(23-2)14(8-12)20-17(22)9-25-10-19/h3-8H,9H2,1-2H3,(H,20,22). The average Bonchev–Trinajstić information content (AvgIpc) is 3.03. The summed E-state index contributed by atoms with van der Waals surface area (Å²) in [6.07, 6.45) is 0. The van der Waals surface area contributed by atoms with Crippen molar-refractivity contribution in [3.05, 3.63) is 42.0 Å². The number of amides is 1. The van der Waals surface area contributed by atoms with E-state index in [-0.39, 0.29) is 11.7 Å². The van der Waals surface area contributed by atoms with Crippen LogP contribution in [0.3, 0.4) is 0 Å². The molecule has 1 amide bonds. The van der Waals surface area contributed by atoms with E-state index in [1.54, 1.807) is 12.1 Å². The van der Waals surface area contributed by atoms with Gasteiger partial charge in [0.25, 0.3) is 0 Å². The van der Waals surface area contributed by atoms with Gasteiger partial charge in [-0.15, -0.1) is 0 Å². The molecule has 0 unspecified atom stereocenters. The van der Waals surface area contributed by atoms with E-state index < -0.39 is 0 Å². The first kappa shape index (κ1) is 16.9. The van der Waals surface area contributed by atoms with E-state index in [1.165, 1.54) is 7.11 Å². The van der Waals surface area contributed by atoms with Crippen LogP contribution in [-0.4, -0.2) is 23.8 Å². The molecule has 3 aromatic rings. The number of nitriles is 1. The molecule has 0 atom stereocenters. The van der Waals surface area contributed by atoms with Crippen LogP contribution in [0.4, 0.5) is 5.69 Å². The predicted molar refractivity (Wildman–Crippen MR) is 97.4 cm³/mol. The first-order chi connectivity index (χ1) is 12.1. The topological polar surface area (TPSA) is 88.2 Å². The predicted octanol–water partition coefficient (Wildman–Crippen LogP) is 3.96. The summed E-state index contributed by atoms with van der Waals surface area (Å²) in [4.78, 5) is 16.4. The first-order valence-corrected chi connectivity index (χ1v) is 8.45. The summed E-state index contributed by atoms with van der Waals surface area (Å²) in [6, 6.07) is 11.1. The molecule has 7 heteroatoms. The zero-order valence-electron chi connectivity index (χ0n) is 13.7. The van der Waals surface area contributed by atoms with Gasteiger partial charge in [-0.05, 0) is 54.6 Å². The average molecular weight is 353 g/mol. The number of thioether (sulfide) groups is 1. The smallest absolute Gasteiger partial charge is 0.235 e. The summed E-state index contributed by atoms with van der Waals surface area (Å²) in [5.41, 5.74) is 3.80. The molecule has 2 aromatic carbocycles. The van der Waals surface area contributed by atoms with Gasteiger partial charge in [-0.1, -0.05) is 6.07 Å². The molecule has 0 fully saturated rings. The normalized spacial score (nSPS) is 10.4. The van der Waals surface area contributed by atoms with Gasteiger partial charge >= 0.3 is 0 Å². The lowest BCUT2D eigenvalue weighted by molar-refractivity contribution is -0.113. The molecule has 1 heterocycles. The van der Waals surface area contributed by atoms with Gasteiger partial charge < -0.3 is 14.5 Å². The molecule has 0 bridgehead atoms. The lowest BCUT2D eigenvalue weighted by Crippen LogP contribution is -2.14. The van der Waals surface area contributed by atoms with E-state index in [0.717, 1.165) is 28.4 Å². The van der Waals surface area contributed by atoms with Gasteiger partial charge in [-0.25, -0.2) is 4.98 Å². The van der Waals surface area contributed by atoms with Crippen LogP contribution in [0.15, 0.2) is 40.8 Å². The van der Waals surface area contributed by atoms with Crippen LogP contribution in [0.5, 0.6) is 5.75 Å². The number of hydrogen-bond donors (Lipinski definition) is 1. The van der Waals surface area contributed by atoms with Crippen molar-refractivity contribution in [2.45, 2.75) is 6.92 Å². The Morgan fingerprint density at radius 1 is 1.36 bits per heavy atom. The molecule has 0 aliphatic carbocycles. The van der Waals surface area contributed by atoms with Gasteiger partial charge in [0, 0.05) is 5.56 Å². The van der Waals surface area contributed by atoms with Gasteiger partial charge in [-0.2, -0.15) is 5.26 Å². The summed E-state index contributed by atoms with van der Waals surface area (Å²) in [5.74, 6) is 0.748. The van der Waals surface area contributed by atoms with Crippen LogP contribution in [0.25, 0.3) is 22.6 Å². The van der Waals surface area contributed by atoms with Crippen molar-refractivity contribution in [1.82, 2.24) is 4.98 Å². The molecule has 1 N–H and O–H groups in total. The van der Waals surface area contributed by atoms with Gasteiger partial charge in [-0.3, -0.25) is 4.79 Å². The van der Waals surface area contributed by atoms with Crippen molar-refractivity contribution in [1.29, 1.82) is 5.26 Å². The number of methoxy groups -OCH3 is 1. The summed E-state index contributed by atoms with van der Waals surface area (Å²) in [6.45, 7) is 1.99. The second kappa shape index (κ2) is 7.28. The van der Waals surface area contributed by atoms with Crippen molar-refractivity contribution in [2.24, 2.45) is 0 Å². The van der Waals surface area contributed by atoms with Gasteiger partial charge in [0.1, 0.15) is 16.7 Å². The summed E-state index contributed by atoms with van der Waals surface area (Å²) in [5, 5.41) is 13.2. The fraction of sp³-hybridized carbons (Fsp3) is 0.167. The van der Waals surface area contributed by atoms with Crippen molar-refractivity contribution in [3.8, 4) is 22.6 Å². The monoisotopic (exact) mass is 353 g/mol. The second-order valence-corrected chi connectivity index (χ2v) is 6.09. The lowest BCUT2D eigenvalue weighted by atomic mass is 10.2. The first-order valence-electron chi connectivity index (χ1n) is 7.47. The number of benzene rings is 2. The van der Waals surface area contributed by atoms with E-state index in [9.17, 15) is 4.79 Å². The number of anilines is 1. The number of nitrogens with one attached hydrogen (secondary N) is 1. The van der Waals surface area contributed by atoms with Crippen LogP contribution in [0.2, 0.25) is 0 Å². The van der Waals surface area contributed by atoms with Crippen molar-refractivity contribution in [3.63, 3.8) is 0 Å². The minimum Gasteiger partial charge on any atom is -0.495 e. The van der Waals surface area contributed by atoms with Gasteiger partial charge in [0.2, 0.25) is 11.8 Å². The number of rotatable bonds is 5. The zero-order valence-corrected chi connectivity index (χ0v) is 14.5. The highest BCUT2D eigenvalue weighted by Gasteiger charge is 2.13. The molecule has 126 valence electrons. The van der Waals surface area contributed by atoms with E-state index in [0.29, 0.717) is 22.9 Å². The third kappa shape index (κ3) is 3.75. The Balaban J connectivity index is 1.94. The Kier molecular flexibility index (Phi) is 4.91. The van der Waals surface area contributed by atoms with Crippen LogP contribution < -0.4 is 10.1 Å². The molecular formula is C18H15N3O3S. The minimum atomic E-state index is -0.282. The summed E-state index contributed by atoms with van der Waals surface area (Å²) < 4.78 is 11.1. The van der Waals surface area contributed by atoms with Crippen molar-refractivity contribution >= 4 is 34.5 Å². The number of aromatic nitrogens is 1. The molecule has 25 heavy (non-hydrogen) atoms. The molecule has 0 spiro atoms. The Morgan fingerprint density at radius 3 is 2.96 bits per heavy atom. The van der Waals surface area contributed by atoms with Crippen molar-refractivity contribution < 1.29 is 13.9 Å². The van der Waals surface area contributed by atoms with Gasteiger partial charge in [0.15, 0.2) is 5.58 Å². The molecule has 0 aliphatic rings. The highest BCUT2D eigenvalue weighted by Crippen LogP contribution is 2.32. The number of ether oxygens (including phenoxy) is 1. The fourth-order valence-corrected chi connectivity index (χ4v) is 2.65. The van der Waals surface area contributed by atoms with E-state index in [2.05, 4.69) is 10.3 Å². The molecule has 0 aliphatic heterocycles. The van der Waals surface area contributed by atoms with Crippen LogP contribution in [0.1, 0.15) is 5.56 Å². The Labute approximate surface area is 148 Å². The van der Waals surface area contributed by atoms with E-state index in [4.69, 9.17) is 14.4 Å². The quantitative estimate of drug-likeness (QED) is 0.698. The van der Waals surface area contributed by atoms with Crippen LogP contribution in [0, 0.1) is 17.6 Å². The van der Waals surface area contributed by atoms with Gasteiger partial charge in [0.05, 0.1) is 18.6 Å². The fourth-order valence-electron chi connectivity index (χ4n) is 2.38. The molecule has 0 saturated carbocycles.